The third-order valence-corrected chi connectivity index (χ3v) is 12.6. The normalized spacial score (nSPS) is 12.3. The van der Waals surface area contributed by atoms with Gasteiger partial charge in [0.1, 0.15) is 0 Å². The zero-order valence-corrected chi connectivity index (χ0v) is 21.0. The van der Waals surface area contributed by atoms with Gasteiger partial charge in [0.05, 0.1) is 9.40 Å². The van der Waals surface area contributed by atoms with Crippen molar-refractivity contribution in [3.8, 4) is 19.5 Å². The zero-order valence-electron chi connectivity index (χ0n) is 16.1. The molecule has 0 aliphatic rings. The summed E-state index contributed by atoms with van der Waals surface area (Å²) in [5.41, 5.74) is 0. The Morgan fingerprint density at radius 1 is 0.433 bits per heavy atom. The molecule has 0 aliphatic heterocycles. The van der Waals surface area contributed by atoms with Crippen molar-refractivity contribution < 1.29 is 0 Å². The van der Waals surface area contributed by atoms with Gasteiger partial charge in [-0.05, 0) is 62.4 Å². The van der Waals surface area contributed by atoms with Gasteiger partial charge < -0.3 is 0 Å². The van der Waals surface area contributed by atoms with Crippen LogP contribution in [0.3, 0.4) is 0 Å². The summed E-state index contributed by atoms with van der Waals surface area (Å²) in [5.74, 6) is 0. The van der Waals surface area contributed by atoms with E-state index in [9.17, 15) is 0 Å². The summed E-state index contributed by atoms with van der Waals surface area (Å²) in [4.78, 5) is 8.35. The van der Waals surface area contributed by atoms with Crippen molar-refractivity contribution in [3.63, 3.8) is 0 Å². The van der Waals surface area contributed by atoms with E-state index in [0.29, 0.717) is 0 Å². The molecule has 6 heterocycles. The van der Waals surface area contributed by atoms with Crippen molar-refractivity contribution in [2.75, 3.05) is 0 Å². The second kappa shape index (κ2) is 6.48. The molecule has 0 saturated carbocycles. The molecule has 1 aromatic carbocycles. The average Bonchev–Trinajstić information content (AvgIpc) is 3.50. The lowest BCUT2D eigenvalue weighted by Crippen LogP contribution is -1.64. The van der Waals surface area contributed by atoms with Gasteiger partial charge in [-0.25, -0.2) is 0 Å². The Bertz CT molecular complexity index is 1590. The van der Waals surface area contributed by atoms with Crippen LogP contribution in [0.4, 0.5) is 0 Å². The fourth-order valence-electron chi connectivity index (χ4n) is 3.97. The molecule has 6 aromatic heterocycles. The largest absolute Gasteiger partial charge is 0.140 e. The van der Waals surface area contributed by atoms with Crippen molar-refractivity contribution in [2.24, 2.45) is 0 Å². The smallest absolute Gasteiger partial charge is 0.0536 e. The van der Waals surface area contributed by atoms with Gasteiger partial charge in [0, 0.05) is 58.8 Å². The van der Waals surface area contributed by atoms with Gasteiger partial charge in [0.25, 0.3) is 0 Å². The van der Waals surface area contributed by atoms with Crippen molar-refractivity contribution >= 4 is 107 Å². The molecular weight excluding hydrogens is 481 g/mol. The van der Waals surface area contributed by atoms with E-state index in [1.807, 2.05) is 68.0 Å². The van der Waals surface area contributed by atoms with Crippen LogP contribution in [0.5, 0.6) is 0 Å². The topological polar surface area (TPSA) is 0 Å². The molecule has 146 valence electrons. The van der Waals surface area contributed by atoms with Gasteiger partial charge in [-0.3, -0.25) is 0 Å². The van der Waals surface area contributed by atoms with E-state index >= 15 is 0 Å². The van der Waals surface area contributed by atoms with Gasteiger partial charge in [-0.15, -0.1) is 68.0 Å². The first-order chi connectivity index (χ1) is 14.6. The highest BCUT2D eigenvalue weighted by Gasteiger charge is 2.16. The highest BCUT2D eigenvalue weighted by Crippen LogP contribution is 2.49. The van der Waals surface area contributed by atoms with Crippen LogP contribution in [-0.2, 0) is 0 Å². The number of hydrogen-bond acceptors (Lipinski definition) is 6. The second-order valence-electron chi connectivity index (χ2n) is 7.48. The van der Waals surface area contributed by atoms with Crippen molar-refractivity contribution in [1.82, 2.24) is 0 Å². The number of fused-ring (bicyclic) bond motifs is 6. The standard InChI is InChI=1S/C24H14S6/c1-11-3-5-15(25-11)19-9-21-23(29-19)13-7-18-14(8-17(13)27-21)24-22(28-18)10-20(30-24)16-6-4-12(2)26-16/h3-10H,1-2H3. The molecule has 0 unspecified atom stereocenters. The highest BCUT2D eigenvalue weighted by atomic mass is 32.1. The quantitative estimate of drug-likeness (QED) is 0.224. The molecule has 0 saturated heterocycles. The number of benzene rings is 1. The van der Waals surface area contributed by atoms with E-state index in [-0.39, 0.29) is 0 Å². The average molecular weight is 495 g/mol. The molecule has 30 heavy (non-hydrogen) atoms. The Hall–Kier alpha value is -1.54. The summed E-state index contributed by atoms with van der Waals surface area (Å²) < 4.78 is 8.57. The summed E-state index contributed by atoms with van der Waals surface area (Å²) in [6, 6.07) is 18.6. The summed E-state index contributed by atoms with van der Waals surface area (Å²) in [5, 5.41) is 2.85. The van der Waals surface area contributed by atoms with Gasteiger partial charge in [0.15, 0.2) is 0 Å². The third kappa shape index (κ3) is 2.65. The molecule has 7 rings (SSSR count). The summed E-state index contributed by atoms with van der Waals surface area (Å²) >= 11 is 11.6. The summed E-state index contributed by atoms with van der Waals surface area (Å²) in [6.07, 6.45) is 0. The van der Waals surface area contributed by atoms with Gasteiger partial charge in [0.2, 0.25) is 0 Å². The predicted octanol–water partition coefficient (Wildman–Crippen LogP) is 10.6. The Labute approximate surface area is 197 Å². The molecule has 0 nitrogen and oxygen atoms in total. The molecule has 0 atom stereocenters. The second-order valence-corrected chi connectivity index (χ2v) is 14.3. The van der Waals surface area contributed by atoms with Crippen LogP contribution in [0.2, 0.25) is 0 Å². The van der Waals surface area contributed by atoms with Crippen LogP contribution in [0, 0.1) is 13.8 Å². The summed E-state index contributed by atoms with van der Waals surface area (Å²) in [7, 11) is 0. The van der Waals surface area contributed by atoms with Crippen molar-refractivity contribution in [1.29, 1.82) is 0 Å². The fourth-order valence-corrected chi connectivity index (χ4v) is 10.9. The number of rotatable bonds is 2. The highest BCUT2D eigenvalue weighted by molar-refractivity contribution is 7.36. The number of aryl methyl sites for hydroxylation is 2. The van der Waals surface area contributed by atoms with E-state index in [2.05, 4.69) is 62.4 Å². The molecule has 0 fully saturated rings. The zero-order chi connectivity index (χ0) is 20.0. The molecule has 0 amide bonds. The minimum atomic E-state index is 1.38. The first kappa shape index (κ1) is 18.1. The lowest BCUT2D eigenvalue weighted by Gasteiger charge is -1.94. The molecule has 0 radical (unpaired) electrons. The van der Waals surface area contributed by atoms with E-state index in [4.69, 9.17) is 0 Å². The lowest BCUT2D eigenvalue weighted by atomic mass is 10.2. The Kier molecular flexibility index (Phi) is 3.90. The van der Waals surface area contributed by atoms with E-state index in [1.54, 1.807) is 0 Å². The van der Waals surface area contributed by atoms with E-state index in [0.717, 1.165) is 0 Å². The summed E-state index contributed by atoms with van der Waals surface area (Å²) in [6.45, 7) is 4.37. The van der Waals surface area contributed by atoms with Crippen LogP contribution in [-0.4, -0.2) is 0 Å². The first-order valence-electron chi connectivity index (χ1n) is 9.58. The Morgan fingerprint density at radius 2 is 0.900 bits per heavy atom. The number of thiophene rings is 6. The lowest BCUT2D eigenvalue weighted by molar-refractivity contribution is 1.64. The molecule has 0 spiro atoms. The molecule has 0 aliphatic carbocycles. The third-order valence-electron chi connectivity index (χ3n) is 5.37. The first-order valence-corrected chi connectivity index (χ1v) is 14.5. The Balaban J connectivity index is 1.41. The molecule has 0 bridgehead atoms. The SMILES string of the molecule is Cc1ccc(-c2cc3sc4cc5c(cc4c3s2)sc2cc(-c3ccc(C)s3)sc25)s1. The maximum Gasteiger partial charge on any atom is 0.0536 e. The Morgan fingerprint density at radius 3 is 1.30 bits per heavy atom. The van der Waals surface area contributed by atoms with Gasteiger partial charge in [-0.1, -0.05) is 0 Å². The fraction of sp³-hybridized carbons (Fsp3) is 0.0833. The van der Waals surface area contributed by atoms with E-state index in [1.165, 1.54) is 68.2 Å². The molecule has 7 aromatic rings. The maximum atomic E-state index is 2.44. The monoisotopic (exact) mass is 494 g/mol. The van der Waals surface area contributed by atoms with Crippen molar-refractivity contribution in [2.45, 2.75) is 13.8 Å². The van der Waals surface area contributed by atoms with Crippen molar-refractivity contribution in [3.05, 3.63) is 58.3 Å². The van der Waals surface area contributed by atoms with Crippen LogP contribution < -0.4 is 0 Å². The minimum Gasteiger partial charge on any atom is -0.140 e. The predicted molar refractivity (Wildman–Crippen MR) is 144 cm³/mol. The van der Waals surface area contributed by atoms with E-state index < -0.39 is 0 Å². The van der Waals surface area contributed by atoms with Gasteiger partial charge in [-0.2, -0.15) is 0 Å². The minimum absolute atomic E-state index is 1.38. The van der Waals surface area contributed by atoms with Gasteiger partial charge >= 0.3 is 0 Å². The van der Waals surface area contributed by atoms with Crippen LogP contribution >= 0.6 is 68.0 Å². The number of hydrogen-bond donors (Lipinski definition) is 0. The van der Waals surface area contributed by atoms with Crippen LogP contribution in [0.15, 0.2) is 48.5 Å². The van der Waals surface area contributed by atoms with Crippen LogP contribution in [0.25, 0.3) is 58.5 Å². The van der Waals surface area contributed by atoms with Crippen LogP contribution in [0.1, 0.15) is 9.75 Å². The maximum absolute atomic E-state index is 2.44. The molecule has 6 heteroatoms. The molecule has 0 N–H and O–H groups in total. The molecular formula is C24H14S6.